The molecule has 1 aliphatic carbocycles. The van der Waals surface area contributed by atoms with E-state index in [0.717, 1.165) is 22.3 Å². The maximum atomic E-state index is 12.7. The molecule has 1 aliphatic heterocycles. The number of ether oxygens (including phenoxy) is 2. The third kappa shape index (κ3) is 3.82. The van der Waals surface area contributed by atoms with Crippen molar-refractivity contribution >= 4 is 18.0 Å². The number of likely N-dealkylation sites (tertiary alicyclic amines) is 1. The summed E-state index contributed by atoms with van der Waals surface area (Å²) in [5, 5.41) is 12.0. The SMILES string of the molecule is COC1(C(=O)O)CCN(C(=O)[C@@H](C)NC(=O)OCC2c3ccccc3-c3ccccc32)C1. The molecule has 0 saturated carbocycles. The molecule has 168 valence electrons. The number of alkyl carbamates (subject to hydrolysis) is 1. The van der Waals surface area contributed by atoms with Gasteiger partial charge in [0, 0.05) is 26.0 Å². The van der Waals surface area contributed by atoms with Crippen molar-refractivity contribution in [1.29, 1.82) is 0 Å². The summed E-state index contributed by atoms with van der Waals surface area (Å²) in [5.74, 6) is -1.55. The second-order valence-electron chi connectivity index (χ2n) is 8.20. The topological polar surface area (TPSA) is 105 Å². The largest absolute Gasteiger partial charge is 0.479 e. The molecule has 2 aliphatic rings. The average molecular weight is 438 g/mol. The zero-order valence-electron chi connectivity index (χ0n) is 18.0. The Morgan fingerprint density at radius 2 is 1.72 bits per heavy atom. The maximum absolute atomic E-state index is 12.7. The van der Waals surface area contributed by atoms with E-state index in [1.165, 1.54) is 12.0 Å². The predicted octanol–water partition coefficient (Wildman–Crippen LogP) is 2.62. The van der Waals surface area contributed by atoms with Gasteiger partial charge < -0.3 is 24.8 Å². The third-order valence-corrected chi connectivity index (χ3v) is 6.37. The van der Waals surface area contributed by atoms with Crippen LogP contribution in [0.5, 0.6) is 0 Å². The fourth-order valence-corrected chi connectivity index (χ4v) is 4.55. The van der Waals surface area contributed by atoms with Crippen molar-refractivity contribution in [2.24, 2.45) is 0 Å². The summed E-state index contributed by atoms with van der Waals surface area (Å²) in [6.07, 6.45) is -0.495. The Morgan fingerprint density at radius 3 is 2.25 bits per heavy atom. The first-order valence-electron chi connectivity index (χ1n) is 10.5. The number of carboxylic acid groups (broad SMARTS) is 1. The highest BCUT2D eigenvalue weighted by Gasteiger charge is 2.47. The Labute approximate surface area is 186 Å². The van der Waals surface area contributed by atoms with Crippen LogP contribution in [0.2, 0.25) is 0 Å². The lowest BCUT2D eigenvalue weighted by molar-refractivity contribution is -0.161. The molecule has 8 nitrogen and oxygen atoms in total. The Balaban J connectivity index is 1.36. The molecule has 2 N–H and O–H groups in total. The highest BCUT2D eigenvalue weighted by atomic mass is 16.5. The highest BCUT2D eigenvalue weighted by Crippen LogP contribution is 2.44. The standard InChI is InChI=1S/C24H26N2O6/c1-15(21(27)26-12-11-24(14-26,31-2)22(28)29)25-23(30)32-13-20-18-9-5-3-7-16(18)17-8-4-6-10-19(17)20/h3-10,15,20H,11-14H2,1-2H3,(H,25,30)(H,28,29)/t15-,24?/m1/s1. The summed E-state index contributed by atoms with van der Waals surface area (Å²) < 4.78 is 10.6. The van der Waals surface area contributed by atoms with Gasteiger partial charge in [-0.3, -0.25) is 4.79 Å². The monoisotopic (exact) mass is 438 g/mol. The number of hydrogen-bond acceptors (Lipinski definition) is 5. The van der Waals surface area contributed by atoms with Gasteiger partial charge in [-0.1, -0.05) is 48.5 Å². The molecular weight excluding hydrogens is 412 g/mol. The quantitative estimate of drug-likeness (QED) is 0.718. The van der Waals surface area contributed by atoms with Crippen LogP contribution in [-0.2, 0) is 19.1 Å². The van der Waals surface area contributed by atoms with Crippen molar-refractivity contribution in [2.75, 3.05) is 26.8 Å². The van der Waals surface area contributed by atoms with Gasteiger partial charge in [-0.05, 0) is 29.2 Å². The molecule has 1 heterocycles. The Hall–Kier alpha value is -3.39. The molecule has 8 heteroatoms. The van der Waals surface area contributed by atoms with Crippen LogP contribution in [0.4, 0.5) is 4.79 Å². The van der Waals surface area contributed by atoms with Crippen LogP contribution in [0.3, 0.4) is 0 Å². The van der Waals surface area contributed by atoms with Crippen LogP contribution in [0.1, 0.15) is 30.4 Å². The maximum Gasteiger partial charge on any atom is 0.407 e. The van der Waals surface area contributed by atoms with Crippen molar-refractivity contribution in [3.05, 3.63) is 59.7 Å². The van der Waals surface area contributed by atoms with Crippen LogP contribution in [-0.4, -0.2) is 66.4 Å². The normalized spacial score (nSPS) is 20.4. The number of carbonyl (C=O) groups excluding carboxylic acids is 2. The fraction of sp³-hybridized carbons (Fsp3) is 0.375. The summed E-state index contributed by atoms with van der Waals surface area (Å²) in [7, 11) is 1.32. The molecule has 0 radical (unpaired) electrons. The van der Waals surface area contributed by atoms with Gasteiger partial charge in [0.15, 0.2) is 5.60 Å². The van der Waals surface area contributed by atoms with Gasteiger partial charge in [0.05, 0.1) is 6.54 Å². The van der Waals surface area contributed by atoms with E-state index in [-0.39, 0.29) is 37.9 Å². The fourth-order valence-electron chi connectivity index (χ4n) is 4.55. The van der Waals surface area contributed by atoms with Crippen molar-refractivity contribution < 1.29 is 29.0 Å². The lowest BCUT2D eigenvalue weighted by atomic mass is 9.98. The van der Waals surface area contributed by atoms with E-state index in [9.17, 15) is 19.5 Å². The molecular formula is C24H26N2O6. The number of nitrogens with zero attached hydrogens (tertiary/aromatic N) is 1. The molecule has 0 spiro atoms. The van der Waals surface area contributed by atoms with E-state index in [1.807, 2.05) is 36.4 Å². The molecule has 32 heavy (non-hydrogen) atoms. The van der Waals surface area contributed by atoms with Crippen molar-refractivity contribution in [1.82, 2.24) is 10.2 Å². The highest BCUT2D eigenvalue weighted by molar-refractivity contribution is 5.87. The number of rotatable bonds is 6. The number of fused-ring (bicyclic) bond motifs is 3. The molecule has 2 aromatic rings. The molecule has 2 aromatic carbocycles. The number of methoxy groups -OCH3 is 1. The van der Waals surface area contributed by atoms with Gasteiger partial charge in [-0.25, -0.2) is 9.59 Å². The lowest BCUT2D eigenvalue weighted by Crippen LogP contribution is -2.49. The number of amides is 2. The number of nitrogens with one attached hydrogen (secondary N) is 1. The van der Waals surface area contributed by atoms with Crippen LogP contribution in [0.15, 0.2) is 48.5 Å². The van der Waals surface area contributed by atoms with Gasteiger partial charge in [0.25, 0.3) is 0 Å². The van der Waals surface area contributed by atoms with Gasteiger partial charge in [-0.15, -0.1) is 0 Å². The average Bonchev–Trinajstić information content (AvgIpc) is 3.38. The van der Waals surface area contributed by atoms with Crippen molar-refractivity contribution in [2.45, 2.75) is 30.9 Å². The number of benzene rings is 2. The van der Waals surface area contributed by atoms with Crippen molar-refractivity contribution in [3.8, 4) is 11.1 Å². The zero-order chi connectivity index (χ0) is 22.9. The summed E-state index contributed by atoms with van der Waals surface area (Å²) in [6.45, 7) is 1.89. The van der Waals surface area contributed by atoms with Crippen molar-refractivity contribution in [3.63, 3.8) is 0 Å². The summed E-state index contributed by atoms with van der Waals surface area (Å²) in [6, 6.07) is 15.2. The first-order chi connectivity index (χ1) is 15.4. The predicted molar refractivity (Wildman–Crippen MR) is 116 cm³/mol. The van der Waals surface area contributed by atoms with E-state index in [2.05, 4.69) is 17.4 Å². The van der Waals surface area contributed by atoms with E-state index in [1.54, 1.807) is 6.92 Å². The van der Waals surface area contributed by atoms with E-state index in [0.29, 0.717) is 0 Å². The molecule has 2 amide bonds. The number of hydrogen-bond donors (Lipinski definition) is 2. The molecule has 1 saturated heterocycles. The minimum atomic E-state index is -1.40. The van der Waals surface area contributed by atoms with Crippen LogP contribution < -0.4 is 5.32 Å². The molecule has 1 fully saturated rings. The van der Waals surface area contributed by atoms with Crippen LogP contribution in [0.25, 0.3) is 11.1 Å². The van der Waals surface area contributed by atoms with E-state index < -0.39 is 23.7 Å². The number of aliphatic carboxylic acids is 1. The van der Waals surface area contributed by atoms with Crippen LogP contribution in [0, 0.1) is 0 Å². The Bertz CT molecular complexity index is 1010. The summed E-state index contributed by atoms with van der Waals surface area (Å²) in [5.41, 5.74) is 3.07. The summed E-state index contributed by atoms with van der Waals surface area (Å²) in [4.78, 5) is 38.0. The smallest absolute Gasteiger partial charge is 0.407 e. The molecule has 1 unspecified atom stereocenters. The second-order valence-corrected chi connectivity index (χ2v) is 8.20. The second kappa shape index (κ2) is 8.63. The third-order valence-electron chi connectivity index (χ3n) is 6.37. The van der Waals surface area contributed by atoms with E-state index >= 15 is 0 Å². The summed E-state index contributed by atoms with van der Waals surface area (Å²) >= 11 is 0. The van der Waals surface area contributed by atoms with Gasteiger partial charge >= 0.3 is 12.1 Å². The Morgan fingerprint density at radius 1 is 1.12 bits per heavy atom. The molecule has 0 aromatic heterocycles. The zero-order valence-corrected chi connectivity index (χ0v) is 18.0. The first-order valence-corrected chi connectivity index (χ1v) is 10.5. The van der Waals surface area contributed by atoms with Crippen LogP contribution >= 0.6 is 0 Å². The van der Waals surface area contributed by atoms with Gasteiger partial charge in [-0.2, -0.15) is 0 Å². The van der Waals surface area contributed by atoms with E-state index in [4.69, 9.17) is 9.47 Å². The minimum Gasteiger partial charge on any atom is -0.479 e. The molecule has 0 bridgehead atoms. The Kier molecular flexibility index (Phi) is 5.88. The van der Waals surface area contributed by atoms with Gasteiger partial charge in [0.1, 0.15) is 12.6 Å². The lowest BCUT2D eigenvalue weighted by Gasteiger charge is -2.25. The first kappa shape index (κ1) is 21.8. The number of carbonyl (C=O) groups is 3. The minimum absolute atomic E-state index is 0.0611. The molecule has 4 rings (SSSR count). The van der Waals surface area contributed by atoms with Gasteiger partial charge in [0.2, 0.25) is 5.91 Å². The molecule has 2 atom stereocenters. The number of carboxylic acids is 1.